The average molecular weight is 246 g/mol. The first-order chi connectivity index (χ1) is 8.65. The van der Waals surface area contributed by atoms with Gasteiger partial charge in [-0.05, 0) is 38.8 Å². The second-order valence-electron chi connectivity index (χ2n) is 5.22. The van der Waals surface area contributed by atoms with E-state index in [4.69, 9.17) is 0 Å². The van der Waals surface area contributed by atoms with Gasteiger partial charge in [-0.15, -0.1) is 0 Å². The van der Waals surface area contributed by atoms with E-state index in [0.717, 1.165) is 18.5 Å². The molecule has 0 saturated heterocycles. The third kappa shape index (κ3) is 3.49. The van der Waals surface area contributed by atoms with E-state index in [1.807, 2.05) is 31.2 Å². The number of carbonyl (C=O) groups excluding carboxylic acids is 1. The van der Waals surface area contributed by atoms with Crippen LogP contribution in [0.3, 0.4) is 0 Å². The van der Waals surface area contributed by atoms with Crippen molar-refractivity contribution in [2.24, 2.45) is 0 Å². The molecule has 0 bridgehead atoms. The zero-order chi connectivity index (χ0) is 13.0. The maximum Gasteiger partial charge on any atom is 0.242 e. The van der Waals surface area contributed by atoms with E-state index in [1.165, 1.54) is 18.4 Å². The van der Waals surface area contributed by atoms with Gasteiger partial charge in [0, 0.05) is 11.7 Å². The van der Waals surface area contributed by atoms with Gasteiger partial charge in [-0.25, -0.2) is 0 Å². The van der Waals surface area contributed by atoms with E-state index in [9.17, 15) is 4.79 Å². The lowest BCUT2D eigenvalue weighted by molar-refractivity contribution is -0.122. The molecule has 2 N–H and O–H groups in total. The third-order valence-electron chi connectivity index (χ3n) is 3.53. The minimum absolute atomic E-state index is 0.0995. The first kappa shape index (κ1) is 12.9. The summed E-state index contributed by atoms with van der Waals surface area (Å²) in [6.07, 6.45) is 4.74. The average Bonchev–Trinajstić information content (AvgIpc) is 2.85. The molecule has 1 aromatic rings. The van der Waals surface area contributed by atoms with Gasteiger partial charge in [-0.3, -0.25) is 4.79 Å². The Hall–Kier alpha value is -1.51. The summed E-state index contributed by atoms with van der Waals surface area (Å²) >= 11 is 0. The van der Waals surface area contributed by atoms with E-state index >= 15 is 0 Å². The highest BCUT2D eigenvalue weighted by Gasteiger charge is 2.20. The summed E-state index contributed by atoms with van der Waals surface area (Å²) in [4.78, 5) is 12.0. The number of benzene rings is 1. The second kappa shape index (κ2) is 5.89. The Morgan fingerprint density at radius 1 is 1.22 bits per heavy atom. The minimum Gasteiger partial charge on any atom is -0.374 e. The standard InChI is InChI=1S/C15H22N2O/c1-11-7-9-14(10-8-11)16-12(2)15(18)17-13-5-3-4-6-13/h7-10,12-13,16H,3-6H2,1-2H3,(H,17,18). The molecular formula is C15H22N2O. The van der Waals surface area contributed by atoms with Crippen molar-refractivity contribution < 1.29 is 4.79 Å². The summed E-state index contributed by atoms with van der Waals surface area (Å²) in [6.45, 7) is 3.96. The normalized spacial score (nSPS) is 17.4. The van der Waals surface area contributed by atoms with Crippen molar-refractivity contribution in [2.75, 3.05) is 5.32 Å². The van der Waals surface area contributed by atoms with Crippen molar-refractivity contribution in [1.29, 1.82) is 0 Å². The number of amides is 1. The molecule has 1 fully saturated rings. The monoisotopic (exact) mass is 246 g/mol. The van der Waals surface area contributed by atoms with Crippen LogP contribution in [-0.4, -0.2) is 18.0 Å². The van der Waals surface area contributed by atoms with Crippen LogP contribution < -0.4 is 10.6 Å². The van der Waals surface area contributed by atoms with Crippen LogP contribution in [0.25, 0.3) is 0 Å². The van der Waals surface area contributed by atoms with Gasteiger partial charge in [0.15, 0.2) is 0 Å². The fraction of sp³-hybridized carbons (Fsp3) is 0.533. The Morgan fingerprint density at radius 2 is 1.83 bits per heavy atom. The molecule has 0 spiro atoms. The molecule has 3 heteroatoms. The van der Waals surface area contributed by atoms with Gasteiger partial charge in [0.25, 0.3) is 0 Å². The van der Waals surface area contributed by atoms with Gasteiger partial charge in [-0.2, -0.15) is 0 Å². The van der Waals surface area contributed by atoms with Crippen LogP contribution in [0.4, 0.5) is 5.69 Å². The quantitative estimate of drug-likeness (QED) is 0.857. The summed E-state index contributed by atoms with van der Waals surface area (Å²) in [7, 11) is 0. The molecule has 3 nitrogen and oxygen atoms in total. The van der Waals surface area contributed by atoms with E-state index in [0.29, 0.717) is 6.04 Å². The van der Waals surface area contributed by atoms with Gasteiger partial charge in [0.05, 0.1) is 0 Å². The summed E-state index contributed by atoms with van der Waals surface area (Å²) in [5.41, 5.74) is 2.22. The summed E-state index contributed by atoms with van der Waals surface area (Å²) in [6, 6.07) is 8.31. The SMILES string of the molecule is Cc1ccc(NC(C)C(=O)NC2CCCC2)cc1. The number of hydrogen-bond acceptors (Lipinski definition) is 2. The molecular weight excluding hydrogens is 224 g/mol. The highest BCUT2D eigenvalue weighted by molar-refractivity contribution is 5.84. The van der Waals surface area contributed by atoms with Gasteiger partial charge < -0.3 is 10.6 Å². The lowest BCUT2D eigenvalue weighted by atomic mass is 10.2. The highest BCUT2D eigenvalue weighted by Crippen LogP contribution is 2.18. The number of aryl methyl sites for hydroxylation is 1. The predicted octanol–water partition coefficient (Wildman–Crippen LogP) is 2.85. The van der Waals surface area contributed by atoms with Gasteiger partial charge in [0.1, 0.15) is 6.04 Å². The number of anilines is 1. The Bertz CT molecular complexity index is 393. The molecule has 0 aliphatic heterocycles. The maximum atomic E-state index is 12.0. The molecule has 1 aromatic carbocycles. The molecule has 0 heterocycles. The van der Waals surface area contributed by atoms with Crippen molar-refractivity contribution in [1.82, 2.24) is 5.32 Å². The Balaban J connectivity index is 1.84. The Kier molecular flexibility index (Phi) is 4.24. The molecule has 1 atom stereocenters. The van der Waals surface area contributed by atoms with Crippen molar-refractivity contribution in [3.8, 4) is 0 Å². The van der Waals surface area contributed by atoms with Gasteiger partial charge in [0.2, 0.25) is 5.91 Å². The lowest BCUT2D eigenvalue weighted by Gasteiger charge is -2.18. The van der Waals surface area contributed by atoms with Crippen molar-refractivity contribution >= 4 is 11.6 Å². The van der Waals surface area contributed by atoms with Crippen LogP contribution in [0.1, 0.15) is 38.2 Å². The van der Waals surface area contributed by atoms with Crippen molar-refractivity contribution in [2.45, 2.75) is 51.6 Å². The van der Waals surface area contributed by atoms with E-state index in [1.54, 1.807) is 0 Å². The molecule has 2 rings (SSSR count). The van der Waals surface area contributed by atoms with E-state index < -0.39 is 0 Å². The van der Waals surface area contributed by atoms with Crippen LogP contribution in [-0.2, 0) is 4.79 Å². The molecule has 0 radical (unpaired) electrons. The fourth-order valence-electron chi connectivity index (χ4n) is 2.36. The first-order valence-electron chi connectivity index (χ1n) is 6.79. The van der Waals surface area contributed by atoms with Crippen LogP contribution in [0.15, 0.2) is 24.3 Å². The molecule has 18 heavy (non-hydrogen) atoms. The van der Waals surface area contributed by atoms with E-state index in [-0.39, 0.29) is 11.9 Å². The van der Waals surface area contributed by atoms with Crippen LogP contribution in [0.5, 0.6) is 0 Å². The maximum absolute atomic E-state index is 12.0. The number of rotatable bonds is 4. The van der Waals surface area contributed by atoms with Crippen LogP contribution in [0, 0.1) is 6.92 Å². The zero-order valence-electron chi connectivity index (χ0n) is 11.2. The molecule has 98 valence electrons. The number of carbonyl (C=O) groups is 1. The second-order valence-corrected chi connectivity index (χ2v) is 5.22. The minimum atomic E-state index is -0.187. The summed E-state index contributed by atoms with van der Waals surface area (Å²) in [5, 5.41) is 6.34. The Labute approximate surface area is 109 Å². The lowest BCUT2D eigenvalue weighted by Crippen LogP contribution is -2.42. The smallest absolute Gasteiger partial charge is 0.242 e. The fourth-order valence-corrected chi connectivity index (χ4v) is 2.36. The zero-order valence-corrected chi connectivity index (χ0v) is 11.2. The molecule has 1 aliphatic carbocycles. The van der Waals surface area contributed by atoms with Crippen LogP contribution in [0.2, 0.25) is 0 Å². The molecule has 1 unspecified atom stereocenters. The summed E-state index contributed by atoms with van der Waals surface area (Å²) < 4.78 is 0. The molecule has 1 aliphatic rings. The number of nitrogens with one attached hydrogen (secondary N) is 2. The number of hydrogen-bond donors (Lipinski definition) is 2. The van der Waals surface area contributed by atoms with Crippen LogP contribution >= 0.6 is 0 Å². The molecule has 1 amide bonds. The topological polar surface area (TPSA) is 41.1 Å². The molecule has 0 aromatic heterocycles. The van der Waals surface area contributed by atoms with Gasteiger partial charge in [-0.1, -0.05) is 30.5 Å². The summed E-state index contributed by atoms with van der Waals surface area (Å²) in [5.74, 6) is 0.0995. The van der Waals surface area contributed by atoms with Crippen molar-refractivity contribution in [3.05, 3.63) is 29.8 Å². The largest absolute Gasteiger partial charge is 0.374 e. The van der Waals surface area contributed by atoms with E-state index in [2.05, 4.69) is 17.6 Å². The highest BCUT2D eigenvalue weighted by atomic mass is 16.2. The molecule has 1 saturated carbocycles. The third-order valence-corrected chi connectivity index (χ3v) is 3.53. The Morgan fingerprint density at radius 3 is 2.44 bits per heavy atom. The van der Waals surface area contributed by atoms with Crippen molar-refractivity contribution in [3.63, 3.8) is 0 Å². The first-order valence-corrected chi connectivity index (χ1v) is 6.79. The van der Waals surface area contributed by atoms with Gasteiger partial charge >= 0.3 is 0 Å². The predicted molar refractivity (Wildman–Crippen MR) is 74.7 cm³/mol.